The fraction of sp³-hybridized carbons (Fsp3) is 0.0625. The third-order valence-electron chi connectivity index (χ3n) is 3.25. The van der Waals surface area contributed by atoms with Crippen molar-refractivity contribution < 1.29 is 8.42 Å². The Hall–Kier alpha value is -1.91. The Morgan fingerprint density at radius 2 is 1.71 bits per heavy atom. The predicted octanol–water partition coefficient (Wildman–Crippen LogP) is 3.86. The first-order chi connectivity index (χ1) is 10.1. The lowest BCUT2D eigenvalue weighted by Gasteiger charge is -2.08. The number of aromatic nitrogens is 1. The highest BCUT2D eigenvalue weighted by Crippen LogP contribution is 2.27. The Kier molecular flexibility index (Phi) is 3.66. The van der Waals surface area contributed by atoms with Gasteiger partial charge < -0.3 is 0 Å². The molecule has 0 unspecified atom stereocenters. The zero-order valence-electron chi connectivity index (χ0n) is 11.0. The standard InChI is InChI=1S/C16H12ClNO2S/c17-15-9-8-12(16-14(15)7-4-10-18-16)11-21(19,20)13-5-2-1-3-6-13/h1-10H,11H2. The van der Waals surface area contributed by atoms with Crippen molar-refractivity contribution in [2.24, 2.45) is 0 Å². The summed E-state index contributed by atoms with van der Waals surface area (Å²) in [7, 11) is -3.40. The Labute approximate surface area is 128 Å². The lowest BCUT2D eigenvalue weighted by molar-refractivity contribution is 0.595. The van der Waals surface area contributed by atoms with Crippen LogP contribution in [0.25, 0.3) is 10.9 Å². The second kappa shape index (κ2) is 5.47. The van der Waals surface area contributed by atoms with Crippen LogP contribution in [0.4, 0.5) is 0 Å². The van der Waals surface area contributed by atoms with Crippen LogP contribution in [0.3, 0.4) is 0 Å². The second-order valence-corrected chi connectivity index (χ2v) is 7.07. The lowest BCUT2D eigenvalue weighted by Crippen LogP contribution is -2.05. The third-order valence-corrected chi connectivity index (χ3v) is 5.26. The van der Waals surface area contributed by atoms with E-state index in [1.54, 1.807) is 54.7 Å². The number of rotatable bonds is 3. The summed E-state index contributed by atoms with van der Waals surface area (Å²) in [5.74, 6) is -0.0955. The summed E-state index contributed by atoms with van der Waals surface area (Å²) in [5.41, 5.74) is 1.28. The number of benzene rings is 2. The number of sulfone groups is 1. The molecule has 0 aliphatic rings. The molecule has 0 saturated carbocycles. The summed E-state index contributed by atoms with van der Waals surface area (Å²) >= 11 is 6.13. The Morgan fingerprint density at radius 3 is 2.48 bits per heavy atom. The first kappa shape index (κ1) is 14.0. The van der Waals surface area contributed by atoms with Gasteiger partial charge in [-0.25, -0.2) is 8.42 Å². The van der Waals surface area contributed by atoms with E-state index >= 15 is 0 Å². The van der Waals surface area contributed by atoms with Crippen LogP contribution in [-0.2, 0) is 15.6 Å². The second-order valence-electron chi connectivity index (χ2n) is 4.68. The van der Waals surface area contributed by atoms with Crippen LogP contribution in [0.5, 0.6) is 0 Å². The van der Waals surface area contributed by atoms with Crippen molar-refractivity contribution in [2.45, 2.75) is 10.6 Å². The molecule has 5 heteroatoms. The monoisotopic (exact) mass is 317 g/mol. The Balaban J connectivity index is 2.09. The van der Waals surface area contributed by atoms with E-state index in [-0.39, 0.29) is 5.75 Å². The van der Waals surface area contributed by atoms with Crippen LogP contribution in [0, 0.1) is 0 Å². The van der Waals surface area contributed by atoms with Gasteiger partial charge in [-0.3, -0.25) is 4.98 Å². The Bertz CT molecular complexity index is 893. The maximum Gasteiger partial charge on any atom is 0.182 e. The van der Waals surface area contributed by atoms with Crippen LogP contribution in [0.1, 0.15) is 5.56 Å². The first-order valence-electron chi connectivity index (χ1n) is 6.38. The van der Waals surface area contributed by atoms with Crippen LogP contribution in [0.2, 0.25) is 5.02 Å². The average Bonchev–Trinajstić information content (AvgIpc) is 2.51. The van der Waals surface area contributed by atoms with Crippen molar-refractivity contribution in [3.05, 3.63) is 71.4 Å². The zero-order valence-corrected chi connectivity index (χ0v) is 12.6. The van der Waals surface area contributed by atoms with Gasteiger partial charge in [-0.1, -0.05) is 35.9 Å². The molecule has 1 aromatic heterocycles. The molecule has 0 spiro atoms. The molecule has 0 amide bonds. The minimum Gasteiger partial charge on any atom is -0.256 e. The van der Waals surface area contributed by atoms with Crippen LogP contribution >= 0.6 is 11.6 Å². The molecule has 0 aliphatic heterocycles. The Morgan fingerprint density at radius 1 is 0.952 bits per heavy atom. The van der Waals surface area contributed by atoms with E-state index < -0.39 is 9.84 Å². The van der Waals surface area contributed by atoms with Crippen molar-refractivity contribution in [3.8, 4) is 0 Å². The highest BCUT2D eigenvalue weighted by Gasteiger charge is 2.17. The minimum absolute atomic E-state index is 0.0955. The van der Waals surface area contributed by atoms with Gasteiger partial charge in [-0.2, -0.15) is 0 Å². The van der Waals surface area contributed by atoms with Gasteiger partial charge in [0.05, 0.1) is 16.2 Å². The van der Waals surface area contributed by atoms with E-state index in [1.165, 1.54) is 0 Å². The summed E-state index contributed by atoms with van der Waals surface area (Å²) in [6, 6.07) is 15.5. The van der Waals surface area contributed by atoms with Gasteiger partial charge in [0.25, 0.3) is 0 Å². The summed E-state index contributed by atoms with van der Waals surface area (Å²) in [6.45, 7) is 0. The van der Waals surface area contributed by atoms with E-state index in [9.17, 15) is 8.42 Å². The topological polar surface area (TPSA) is 47.0 Å². The maximum absolute atomic E-state index is 12.5. The van der Waals surface area contributed by atoms with Crippen LogP contribution in [-0.4, -0.2) is 13.4 Å². The SMILES string of the molecule is O=S(=O)(Cc1ccc(Cl)c2cccnc12)c1ccccc1. The van der Waals surface area contributed by atoms with Crippen molar-refractivity contribution >= 4 is 32.3 Å². The third kappa shape index (κ3) is 2.77. The quantitative estimate of drug-likeness (QED) is 0.737. The summed E-state index contributed by atoms with van der Waals surface area (Å²) < 4.78 is 24.9. The van der Waals surface area contributed by atoms with Crippen molar-refractivity contribution in [2.75, 3.05) is 0 Å². The molecule has 3 rings (SSSR count). The number of nitrogens with zero attached hydrogens (tertiary/aromatic N) is 1. The van der Waals surface area contributed by atoms with E-state index in [0.29, 0.717) is 21.0 Å². The molecule has 0 radical (unpaired) electrons. The molecule has 2 aromatic carbocycles. The van der Waals surface area contributed by atoms with Gasteiger partial charge in [0, 0.05) is 16.6 Å². The molecule has 1 heterocycles. The van der Waals surface area contributed by atoms with Gasteiger partial charge in [-0.05, 0) is 35.9 Å². The molecule has 21 heavy (non-hydrogen) atoms. The fourth-order valence-electron chi connectivity index (χ4n) is 2.23. The molecule has 3 nitrogen and oxygen atoms in total. The molecular formula is C16H12ClNO2S. The molecule has 3 aromatic rings. The van der Waals surface area contributed by atoms with Crippen LogP contribution < -0.4 is 0 Å². The van der Waals surface area contributed by atoms with E-state index in [0.717, 1.165) is 5.39 Å². The molecule has 0 saturated heterocycles. The zero-order chi connectivity index (χ0) is 14.9. The number of halogens is 1. The number of pyridine rings is 1. The smallest absolute Gasteiger partial charge is 0.182 e. The van der Waals surface area contributed by atoms with Gasteiger partial charge in [0.2, 0.25) is 0 Å². The van der Waals surface area contributed by atoms with Gasteiger partial charge in [-0.15, -0.1) is 0 Å². The normalized spacial score (nSPS) is 11.7. The van der Waals surface area contributed by atoms with E-state index in [4.69, 9.17) is 11.6 Å². The summed E-state index contributed by atoms with van der Waals surface area (Å²) in [4.78, 5) is 4.58. The van der Waals surface area contributed by atoms with Gasteiger partial charge >= 0.3 is 0 Å². The number of hydrogen-bond donors (Lipinski definition) is 0. The van der Waals surface area contributed by atoms with Crippen LogP contribution in [0.15, 0.2) is 65.7 Å². The fourth-order valence-corrected chi connectivity index (χ4v) is 3.83. The minimum atomic E-state index is -3.40. The van der Waals surface area contributed by atoms with E-state index in [1.807, 2.05) is 6.07 Å². The molecule has 0 fully saturated rings. The van der Waals surface area contributed by atoms with Crippen molar-refractivity contribution in [1.29, 1.82) is 0 Å². The van der Waals surface area contributed by atoms with E-state index in [2.05, 4.69) is 4.98 Å². The van der Waals surface area contributed by atoms with Crippen molar-refractivity contribution in [3.63, 3.8) is 0 Å². The lowest BCUT2D eigenvalue weighted by atomic mass is 10.1. The molecule has 0 bridgehead atoms. The number of fused-ring (bicyclic) bond motifs is 1. The molecule has 0 atom stereocenters. The average molecular weight is 318 g/mol. The largest absolute Gasteiger partial charge is 0.256 e. The maximum atomic E-state index is 12.5. The highest BCUT2D eigenvalue weighted by atomic mass is 35.5. The van der Waals surface area contributed by atoms with Crippen molar-refractivity contribution in [1.82, 2.24) is 4.98 Å². The molecule has 0 aliphatic carbocycles. The summed E-state index contributed by atoms with van der Waals surface area (Å²) in [5, 5.41) is 1.33. The molecule has 0 N–H and O–H groups in total. The predicted molar refractivity (Wildman–Crippen MR) is 84.1 cm³/mol. The summed E-state index contributed by atoms with van der Waals surface area (Å²) in [6.07, 6.45) is 1.64. The van der Waals surface area contributed by atoms with Gasteiger partial charge in [0.1, 0.15) is 0 Å². The van der Waals surface area contributed by atoms with Gasteiger partial charge in [0.15, 0.2) is 9.84 Å². The molecule has 106 valence electrons. The number of hydrogen-bond acceptors (Lipinski definition) is 3. The highest BCUT2D eigenvalue weighted by molar-refractivity contribution is 7.90. The first-order valence-corrected chi connectivity index (χ1v) is 8.41. The molecular weight excluding hydrogens is 306 g/mol.